The smallest absolute Gasteiger partial charge is 0.296 e. The number of Topliss-reactive ketones (excluding diaryl/α,β-unsaturated/α-hetero) is 1. The highest BCUT2D eigenvalue weighted by atomic mass is 19.1. The van der Waals surface area contributed by atoms with Crippen molar-refractivity contribution in [1.82, 2.24) is 0 Å². The van der Waals surface area contributed by atoms with Crippen LogP contribution in [-0.2, 0) is 4.79 Å². The molecular formula is C13H15FN2O3. The highest BCUT2D eigenvalue weighted by Crippen LogP contribution is 2.31. The van der Waals surface area contributed by atoms with Gasteiger partial charge in [0.1, 0.15) is 5.82 Å². The lowest BCUT2D eigenvalue weighted by molar-refractivity contribution is -0.112. The van der Waals surface area contributed by atoms with Crippen molar-refractivity contribution in [1.29, 1.82) is 0 Å². The molecule has 1 amide bonds. The van der Waals surface area contributed by atoms with E-state index in [-0.39, 0.29) is 12.2 Å². The van der Waals surface area contributed by atoms with Gasteiger partial charge in [-0.25, -0.2) is 4.39 Å². The minimum atomic E-state index is -0.732. The van der Waals surface area contributed by atoms with Crippen LogP contribution in [0.3, 0.4) is 0 Å². The van der Waals surface area contributed by atoms with Crippen LogP contribution in [0.5, 0.6) is 0 Å². The first-order chi connectivity index (χ1) is 9.08. The molecule has 2 N–H and O–H groups in total. The summed E-state index contributed by atoms with van der Waals surface area (Å²) in [6.07, 6.45) is 0.523. The zero-order chi connectivity index (χ0) is 14.0. The molecule has 0 atom stereocenters. The van der Waals surface area contributed by atoms with E-state index < -0.39 is 17.5 Å². The fourth-order valence-corrected chi connectivity index (χ4v) is 2.11. The van der Waals surface area contributed by atoms with Gasteiger partial charge in [0.25, 0.3) is 11.7 Å². The van der Waals surface area contributed by atoms with E-state index in [1.54, 1.807) is 4.90 Å². The van der Waals surface area contributed by atoms with E-state index in [0.717, 1.165) is 6.07 Å². The van der Waals surface area contributed by atoms with Gasteiger partial charge in [0, 0.05) is 19.7 Å². The highest BCUT2D eigenvalue weighted by Gasteiger charge is 2.30. The molecule has 0 saturated carbocycles. The first-order valence-corrected chi connectivity index (χ1v) is 6.13. The first-order valence-electron chi connectivity index (χ1n) is 6.13. The molecule has 0 unspecified atom stereocenters. The van der Waals surface area contributed by atoms with Gasteiger partial charge >= 0.3 is 0 Å². The Morgan fingerprint density at radius 2 is 2.11 bits per heavy atom. The van der Waals surface area contributed by atoms with Crippen molar-refractivity contribution in [3.63, 3.8) is 0 Å². The van der Waals surface area contributed by atoms with E-state index in [1.165, 1.54) is 6.07 Å². The number of hydrogen-bond acceptors (Lipinski definition) is 4. The number of halogens is 1. The van der Waals surface area contributed by atoms with E-state index in [4.69, 9.17) is 5.11 Å². The van der Waals surface area contributed by atoms with Crippen LogP contribution in [0.4, 0.5) is 15.8 Å². The summed E-state index contributed by atoms with van der Waals surface area (Å²) < 4.78 is 14.0. The topological polar surface area (TPSA) is 69.6 Å². The maximum absolute atomic E-state index is 14.0. The minimum Gasteiger partial charge on any atom is -0.396 e. The second-order valence-corrected chi connectivity index (χ2v) is 4.29. The molecule has 0 aliphatic carbocycles. The lowest BCUT2D eigenvalue weighted by Crippen LogP contribution is -2.25. The molecule has 102 valence electrons. The predicted octanol–water partition coefficient (Wildman–Crippen LogP) is 1.17. The summed E-state index contributed by atoms with van der Waals surface area (Å²) in [5, 5.41) is 11.2. The molecule has 2 rings (SSSR count). The van der Waals surface area contributed by atoms with Gasteiger partial charge in [0.05, 0.1) is 16.9 Å². The van der Waals surface area contributed by atoms with E-state index in [2.05, 4.69) is 5.32 Å². The third-order valence-electron chi connectivity index (χ3n) is 3.09. The van der Waals surface area contributed by atoms with Crippen molar-refractivity contribution in [3.8, 4) is 0 Å². The summed E-state index contributed by atoms with van der Waals surface area (Å²) in [6, 6.07) is 2.56. The summed E-state index contributed by atoms with van der Waals surface area (Å²) in [4.78, 5) is 24.4. The van der Waals surface area contributed by atoms with Gasteiger partial charge < -0.3 is 15.3 Å². The van der Waals surface area contributed by atoms with Crippen LogP contribution in [0.2, 0.25) is 0 Å². The van der Waals surface area contributed by atoms with Crippen LogP contribution >= 0.6 is 0 Å². The Balaban J connectivity index is 2.35. The van der Waals surface area contributed by atoms with Gasteiger partial charge in [-0.2, -0.15) is 0 Å². The molecule has 1 aromatic rings. The molecular weight excluding hydrogens is 251 g/mol. The van der Waals surface area contributed by atoms with Gasteiger partial charge in [0.15, 0.2) is 0 Å². The van der Waals surface area contributed by atoms with Crippen LogP contribution in [0, 0.1) is 5.82 Å². The third kappa shape index (κ3) is 2.44. The number of aliphatic hydroxyl groups excluding tert-OH is 1. The lowest BCUT2D eigenvalue weighted by atomic mass is 10.1. The third-order valence-corrected chi connectivity index (χ3v) is 3.09. The largest absolute Gasteiger partial charge is 0.396 e. The normalized spacial score (nSPS) is 13.4. The SMILES string of the molecule is CCN(CCCO)c1cc2c(cc1F)C(=O)C(=O)N2. The summed E-state index contributed by atoms with van der Waals surface area (Å²) in [5.74, 6) is -1.98. The summed E-state index contributed by atoms with van der Waals surface area (Å²) in [6.45, 7) is 2.97. The second kappa shape index (κ2) is 5.36. The quantitative estimate of drug-likeness (QED) is 0.785. The predicted molar refractivity (Wildman–Crippen MR) is 69.0 cm³/mol. The van der Waals surface area contributed by atoms with Crippen molar-refractivity contribution in [2.75, 3.05) is 29.9 Å². The number of anilines is 2. The molecule has 0 aromatic heterocycles. The monoisotopic (exact) mass is 266 g/mol. The molecule has 19 heavy (non-hydrogen) atoms. The maximum Gasteiger partial charge on any atom is 0.296 e. The maximum atomic E-state index is 14.0. The van der Waals surface area contributed by atoms with Gasteiger partial charge in [0.2, 0.25) is 0 Å². The molecule has 1 aliphatic rings. The molecule has 0 fully saturated rings. The second-order valence-electron chi connectivity index (χ2n) is 4.29. The summed E-state index contributed by atoms with van der Waals surface area (Å²) in [7, 11) is 0. The van der Waals surface area contributed by atoms with Crippen LogP contribution in [0.1, 0.15) is 23.7 Å². The Hall–Kier alpha value is -1.95. The van der Waals surface area contributed by atoms with Crippen molar-refractivity contribution in [2.24, 2.45) is 0 Å². The van der Waals surface area contributed by atoms with Crippen LogP contribution in [-0.4, -0.2) is 36.5 Å². The number of nitrogens with zero attached hydrogens (tertiary/aromatic N) is 1. The number of benzene rings is 1. The average Bonchev–Trinajstić information content (AvgIpc) is 2.66. The molecule has 6 heteroatoms. The molecule has 0 radical (unpaired) electrons. The number of amides is 1. The summed E-state index contributed by atoms with van der Waals surface area (Å²) in [5.41, 5.74) is 0.739. The first kappa shape index (κ1) is 13.5. The molecule has 0 bridgehead atoms. The number of carbonyl (C=O) groups is 2. The van der Waals surface area contributed by atoms with E-state index in [1.807, 2.05) is 6.92 Å². The number of carbonyl (C=O) groups excluding carboxylic acids is 2. The summed E-state index contributed by atoms with van der Waals surface area (Å²) >= 11 is 0. The highest BCUT2D eigenvalue weighted by molar-refractivity contribution is 6.51. The van der Waals surface area contributed by atoms with E-state index in [0.29, 0.717) is 30.9 Å². The van der Waals surface area contributed by atoms with Gasteiger partial charge in [-0.15, -0.1) is 0 Å². The van der Waals surface area contributed by atoms with Crippen molar-refractivity contribution in [2.45, 2.75) is 13.3 Å². The zero-order valence-electron chi connectivity index (χ0n) is 10.6. The Kier molecular flexibility index (Phi) is 3.80. The fraction of sp³-hybridized carbons (Fsp3) is 0.385. The fourth-order valence-electron chi connectivity index (χ4n) is 2.11. The van der Waals surface area contributed by atoms with Crippen LogP contribution in [0.25, 0.3) is 0 Å². The van der Waals surface area contributed by atoms with Crippen molar-refractivity contribution >= 4 is 23.1 Å². The molecule has 1 heterocycles. The van der Waals surface area contributed by atoms with Gasteiger partial charge in [-0.05, 0) is 25.5 Å². The molecule has 0 spiro atoms. The number of fused-ring (bicyclic) bond motifs is 1. The average molecular weight is 266 g/mol. The standard InChI is InChI=1S/C13H15FN2O3/c1-2-16(4-3-5-17)11-7-10-8(6-9(11)14)12(18)13(19)15-10/h6-7,17H,2-5H2,1H3,(H,15,18,19). The Bertz CT molecular complexity index is 531. The van der Waals surface area contributed by atoms with E-state index in [9.17, 15) is 14.0 Å². The van der Waals surface area contributed by atoms with Gasteiger partial charge in [-0.3, -0.25) is 9.59 Å². The molecule has 1 aliphatic heterocycles. The molecule has 0 saturated heterocycles. The Morgan fingerprint density at radius 1 is 1.37 bits per heavy atom. The number of aliphatic hydroxyl groups is 1. The Labute approximate surface area is 110 Å². The van der Waals surface area contributed by atoms with Crippen molar-refractivity contribution < 1.29 is 19.1 Å². The van der Waals surface area contributed by atoms with Gasteiger partial charge in [-0.1, -0.05) is 0 Å². The lowest BCUT2D eigenvalue weighted by Gasteiger charge is -2.23. The van der Waals surface area contributed by atoms with Crippen LogP contribution < -0.4 is 10.2 Å². The number of rotatable bonds is 5. The molecule has 1 aromatic carbocycles. The number of ketones is 1. The van der Waals surface area contributed by atoms with E-state index >= 15 is 0 Å². The zero-order valence-corrected chi connectivity index (χ0v) is 10.6. The molecule has 5 nitrogen and oxygen atoms in total. The number of hydrogen-bond donors (Lipinski definition) is 2. The van der Waals surface area contributed by atoms with Crippen molar-refractivity contribution in [3.05, 3.63) is 23.5 Å². The number of nitrogens with one attached hydrogen (secondary N) is 1. The minimum absolute atomic E-state index is 0.0261. The van der Waals surface area contributed by atoms with Crippen LogP contribution in [0.15, 0.2) is 12.1 Å². The Morgan fingerprint density at radius 3 is 2.74 bits per heavy atom.